The molecule has 2 nitrogen and oxygen atoms in total. The third-order valence-electron chi connectivity index (χ3n) is 10.3. The van der Waals surface area contributed by atoms with Gasteiger partial charge < -0.3 is 8.98 Å². The van der Waals surface area contributed by atoms with Crippen molar-refractivity contribution in [1.29, 1.82) is 0 Å². The molecule has 0 atom stereocenters. The molecule has 0 aliphatic carbocycles. The van der Waals surface area contributed by atoms with Crippen molar-refractivity contribution in [3.63, 3.8) is 0 Å². The molecule has 0 bridgehead atoms. The molecule has 10 rings (SSSR count). The highest BCUT2D eigenvalue weighted by Gasteiger charge is 2.15. The van der Waals surface area contributed by atoms with Crippen LogP contribution in [0.15, 0.2) is 205 Å². The number of nitrogens with zero attached hydrogens (tertiary/aromatic N) is 1. The summed E-state index contributed by atoms with van der Waals surface area (Å²) >= 11 is 0. The first-order chi connectivity index (χ1) is 25.7. The average Bonchev–Trinajstić information content (AvgIpc) is 3.80. The summed E-state index contributed by atoms with van der Waals surface area (Å²) in [6.07, 6.45) is 2.29. The quantitative estimate of drug-likeness (QED) is 0.173. The molecule has 10 aromatic rings. The van der Waals surface area contributed by atoms with Crippen LogP contribution in [-0.2, 0) is 0 Å². The Morgan fingerprint density at radius 2 is 0.750 bits per heavy atom. The molecule has 8 aromatic carbocycles. The van der Waals surface area contributed by atoms with Gasteiger partial charge in [0.25, 0.3) is 0 Å². The SMILES string of the molecule is c1ccc(-c2ccc(-c3ccc4c(c3)c(-c3ccc(-c5ccccc5)cc3)cn4-c3ccc(-c4ccc5oc6ccccc6c5c4)cc3)cc2)cc1. The zero-order chi connectivity index (χ0) is 34.4. The van der Waals surface area contributed by atoms with Crippen LogP contribution in [0, 0.1) is 0 Å². The van der Waals surface area contributed by atoms with Crippen LogP contribution in [0.2, 0.25) is 0 Å². The summed E-state index contributed by atoms with van der Waals surface area (Å²) in [6, 6.07) is 69.5. The molecule has 0 aliphatic rings. The number of furan rings is 1. The maximum Gasteiger partial charge on any atom is 0.135 e. The maximum atomic E-state index is 6.09. The number of fused-ring (bicyclic) bond motifs is 4. The number of rotatable bonds is 6. The molecular weight excluding hydrogens is 631 g/mol. The molecule has 0 spiro atoms. The van der Waals surface area contributed by atoms with Gasteiger partial charge in [0.2, 0.25) is 0 Å². The van der Waals surface area contributed by atoms with Gasteiger partial charge in [0.15, 0.2) is 0 Å². The van der Waals surface area contributed by atoms with Crippen LogP contribution in [0.4, 0.5) is 0 Å². The van der Waals surface area contributed by atoms with E-state index in [1.54, 1.807) is 0 Å². The molecule has 2 heteroatoms. The maximum absolute atomic E-state index is 6.09. The molecular formula is C50H33NO. The smallest absolute Gasteiger partial charge is 0.135 e. The van der Waals surface area contributed by atoms with Crippen molar-refractivity contribution in [1.82, 2.24) is 4.57 Å². The van der Waals surface area contributed by atoms with Crippen LogP contribution in [0.3, 0.4) is 0 Å². The molecule has 0 aliphatic heterocycles. The Kier molecular flexibility index (Phi) is 7.18. The van der Waals surface area contributed by atoms with E-state index in [2.05, 4.69) is 193 Å². The van der Waals surface area contributed by atoms with Gasteiger partial charge in [-0.15, -0.1) is 0 Å². The van der Waals surface area contributed by atoms with Crippen LogP contribution >= 0.6 is 0 Å². The summed E-state index contributed by atoms with van der Waals surface area (Å²) in [5, 5.41) is 3.51. The Bertz CT molecular complexity index is 2840. The lowest BCUT2D eigenvalue weighted by Gasteiger charge is -2.09. The summed E-state index contributed by atoms with van der Waals surface area (Å²) in [5.74, 6) is 0. The van der Waals surface area contributed by atoms with Crippen molar-refractivity contribution in [3.8, 4) is 61.3 Å². The lowest BCUT2D eigenvalue weighted by atomic mass is 9.97. The molecule has 0 N–H and O–H groups in total. The highest BCUT2D eigenvalue weighted by atomic mass is 16.3. The normalized spacial score (nSPS) is 11.5. The molecule has 0 saturated heterocycles. The van der Waals surface area contributed by atoms with Gasteiger partial charge in [-0.25, -0.2) is 0 Å². The van der Waals surface area contributed by atoms with Gasteiger partial charge in [-0.1, -0.05) is 152 Å². The minimum atomic E-state index is 0.913. The molecule has 244 valence electrons. The van der Waals surface area contributed by atoms with E-state index >= 15 is 0 Å². The molecule has 0 fully saturated rings. The zero-order valence-electron chi connectivity index (χ0n) is 28.4. The summed E-state index contributed by atoms with van der Waals surface area (Å²) < 4.78 is 8.41. The number of para-hydroxylation sites is 1. The number of aromatic nitrogens is 1. The largest absolute Gasteiger partial charge is 0.456 e. The lowest BCUT2D eigenvalue weighted by molar-refractivity contribution is 0.669. The average molecular weight is 664 g/mol. The van der Waals surface area contributed by atoms with E-state index in [-0.39, 0.29) is 0 Å². The van der Waals surface area contributed by atoms with Crippen LogP contribution < -0.4 is 0 Å². The predicted molar refractivity (Wildman–Crippen MR) is 218 cm³/mol. The minimum absolute atomic E-state index is 0.913. The molecule has 0 unspecified atom stereocenters. The Hall–Kier alpha value is -6.90. The molecule has 52 heavy (non-hydrogen) atoms. The van der Waals surface area contributed by atoms with Crippen LogP contribution in [0.1, 0.15) is 0 Å². The fraction of sp³-hybridized carbons (Fsp3) is 0. The Balaban J connectivity index is 1.05. The standard InChI is InChI=1S/C50H33NO/c1-3-9-34(10-4-1)36-15-17-38(18-16-36)41-25-29-48-45(31-41)47(40-21-19-37(20-22-40)35-11-5-2-6-12-35)33-51(48)43-27-23-39(24-28-43)42-26-30-50-46(32-42)44-13-7-8-14-49(44)52-50/h1-33H. The van der Waals surface area contributed by atoms with E-state index in [1.165, 1.54) is 66.5 Å². The van der Waals surface area contributed by atoms with Gasteiger partial charge in [0, 0.05) is 33.6 Å². The Morgan fingerprint density at radius 3 is 1.38 bits per heavy atom. The Morgan fingerprint density at radius 1 is 0.308 bits per heavy atom. The van der Waals surface area contributed by atoms with Crippen molar-refractivity contribution < 1.29 is 4.42 Å². The van der Waals surface area contributed by atoms with Gasteiger partial charge >= 0.3 is 0 Å². The van der Waals surface area contributed by atoms with Gasteiger partial charge in [-0.2, -0.15) is 0 Å². The second kappa shape index (κ2) is 12.5. The van der Waals surface area contributed by atoms with E-state index in [0.717, 1.165) is 27.6 Å². The van der Waals surface area contributed by atoms with Gasteiger partial charge in [0.05, 0.1) is 5.52 Å². The van der Waals surface area contributed by atoms with Gasteiger partial charge in [-0.05, 0) is 92.5 Å². The minimum Gasteiger partial charge on any atom is -0.456 e. The van der Waals surface area contributed by atoms with Crippen molar-refractivity contribution in [2.24, 2.45) is 0 Å². The first kappa shape index (κ1) is 30.0. The highest BCUT2D eigenvalue weighted by molar-refractivity contribution is 6.06. The molecule has 0 amide bonds. The summed E-state index contributed by atoms with van der Waals surface area (Å²) in [7, 11) is 0. The molecule has 2 aromatic heterocycles. The number of hydrogen-bond donors (Lipinski definition) is 0. The predicted octanol–water partition coefficient (Wildman–Crippen LogP) is 13.9. The van der Waals surface area contributed by atoms with E-state index in [1.807, 2.05) is 12.1 Å². The lowest BCUT2D eigenvalue weighted by Crippen LogP contribution is -1.92. The van der Waals surface area contributed by atoms with Crippen LogP contribution in [0.5, 0.6) is 0 Å². The van der Waals surface area contributed by atoms with E-state index in [4.69, 9.17) is 4.42 Å². The first-order valence-corrected chi connectivity index (χ1v) is 17.7. The molecule has 0 saturated carbocycles. The van der Waals surface area contributed by atoms with Crippen LogP contribution in [0.25, 0.3) is 94.2 Å². The highest BCUT2D eigenvalue weighted by Crippen LogP contribution is 2.38. The van der Waals surface area contributed by atoms with Gasteiger partial charge in [0.1, 0.15) is 11.2 Å². The molecule has 0 radical (unpaired) electrons. The van der Waals surface area contributed by atoms with E-state index < -0.39 is 0 Å². The second-order valence-corrected chi connectivity index (χ2v) is 13.4. The molecule has 2 heterocycles. The van der Waals surface area contributed by atoms with Gasteiger partial charge in [-0.3, -0.25) is 0 Å². The van der Waals surface area contributed by atoms with E-state index in [0.29, 0.717) is 0 Å². The second-order valence-electron chi connectivity index (χ2n) is 13.4. The van der Waals surface area contributed by atoms with Crippen molar-refractivity contribution in [3.05, 3.63) is 200 Å². The monoisotopic (exact) mass is 663 g/mol. The Labute approximate surface area is 302 Å². The fourth-order valence-electron chi connectivity index (χ4n) is 7.53. The van der Waals surface area contributed by atoms with Crippen molar-refractivity contribution in [2.45, 2.75) is 0 Å². The zero-order valence-corrected chi connectivity index (χ0v) is 28.4. The topological polar surface area (TPSA) is 18.1 Å². The summed E-state index contributed by atoms with van der Waals surface area (Å²) in [5.41, 5.74) is 16.1. The third-order valence-corrected chi connectivity index (χ3v) is 10.3. The third kappa shape index (κ3) is 5.30. The van der Waals surface area contributed by atoms with E-state index in [9.17, 15) is 0 Å². The number of benzene rings is 8. The van der Waals surface area contributed by atoms with Crippen molar-refractivity contribution >= 4 is 32.8 Å². The first-order valence-electron chi connectivity index (χ1n) is 17.7. The summed E-state index contributed by atoms with van der Waals surface area (Å²) in [6.45, 7) is 0. The summed E-state index contributed by atoms with van der Waals surface area (Å²) in [4.78, 5) is 0. The fourth-order valence-corrected chi connectivity index (χ4v) is 7.53. The van der Waals surface area contributed by atoms with Crippen molar-refractivity contribution in [2.75, 3.05) is 0 Å². The number of hydrogen-bond acceptors (Lipinski definition) is 1. The van der Waals surface area contributed by atoms with Crippen LogP contribution in [-0.4, -0.2) is 4.57 Å².